The SMILES string of the molecule is Cc1ccc(S(=O)(=O)N(CC(=O)Nc2ccc(S(=O)(=O)Nc3cccc(C)c3)cc2)c2cccc(Cl)c2)cc1. The van der Waals surface area contributed by atoms with Crippen molar-refractivity contribution in [2.45, 2.75) is 23.6 Å². The van der Waals surface area contributed by atoms with Crippen LogP contribution in [0, 0.1) is 13.8 Å². The number of rotatable bonds is 9. The molecule has 0 heterocycles. The molecule has 4 aromatic carbocycles. The number of benzene rings is 4. The van der Waals surface area contributed by atoms with E-state index in [2.05, 4.69) is 10.0 Å². The third-order valence-corrected chi connectivity index (χ3v) is 9.13. The summed E-state index contributed by atoms with van der Waals surface area (Å²) < 4.78 is 56.0. The number of anilines is 3. The van der Waals surface area contributed by atoms with E-state index in [9.17, 15) is 21.6 Å². The van der Waals surface area contributed by atoms with Crippen molar-refractivity contribution in [2.75, 3.05) is 20.9 Å². The molecule has 0 atom stereocenters. The van der Waals surface area contributed by atoms with Gasteiger partial charge in [0.15, 0.2) is 0 Å². The van der Waals surface area contributed by atoms with E-state index in [1.165, 1.54) is 42.5 Å². The molecular formula is C28H26ClN3O5S2. The number of nitrogens with zero attached hydrogens (tertiary/aromatic N) is 1. The highest BCUT2D eigenvalue weighted by molar-refractivity contribution is 7.93. The lowest BCUT2D eigenvalue weighted by atomic mass is 10.2. The van der Waals surface area contributed by atoms with Crippen molar-refractivity contribution in [1.29, 1.82) is 0 Å². The van der Waals surface area contributed by atoms with Crippen molar-refractivity contribution in [3.05, 3.63) is 113 Å². The molecule has 39 heavy (non-hydrogen) atoms. The molecule has 0 bridgehead atoms. The first-order valence-corrected chi connectivity index (χ1v) is 15.1. The molecule has 4 aromatic rings. The number of amides is 1. The number of carbonyl (C=O) groups excluding carboxylic acids is 1. The molecule has 202 valence electrons. The lowest BCUT2D eigenvalue weighted by Gasteiger charge is -2.24. The van der Waals surface area contributed by atoms with Gasteiger partial charge in [-0.15, -0.1) is 0 Å². The van der Waals surface area contributed by atoms with Crippen LogP contribution in [0.4, 0.5) is 17.1 Å². The number of sulfonamides is 2. The Kier molecular flexibility index (Phi) is 8.29. The zero-order chi connectivity index (χ0) is 28.2. The normalized spacial score (nSPS) is 11.6. The van der Waals surface area contributed by atoms with E-state index in [0.717, 1.165) is 15.4 Å². The minimum atomic E-state index is -4.11. The molecule has 4 rings (SSSR count). The quantitative estimate of drug-likeness (QED) is 0.267. The average molecular weight is 584 g/mol. The Labute approximate surface area is 233 Å². The van der Waals surface area contributed by atoms with Crippen molar-refractivity contribution in [1.82, 2.24) is 0 Å². The van der Waals surface area contributed by atoms with Crippen molar-refractivity contribution in [3.8, 4) is 0 Å². The van der Waals surface area contributed by atoms with Gasteiger partial charge in [-0.05, 0) is 86.1 Å². The highest BCUT2D eigenvalue weighted by atomic mass is 35.5. The van der Waals surface area contributed by atoms with E-state index in [4.69, 9.17) is 11.6 Å². The molecule has 2 N–H and O–H groups in total. The Balaban J connectivity index is 1.53. The fraction of sp³-hybridized carbons (Fsp3) is 0.107. The van der Waals surface area contributed by atoms with Gasteiger partial charge in [0.2, 0.25) is 5.91 Å². The highest BCUT2D eigenvalue weighted by Crippen LogP contribution is 2.27. The van der Waals surface area contributed by atoms with Gasteiger partial charge in [-0.2, -0.15) is 0 Å². The number of halogens is 1. The van der Waals surface area contributed by atoms with Gasteiger partial charge in [-0.25, -0.2) is 16.8 Å². The maximum Gasteiger partial charge on any atom is 0.264 e. The number of nitrogens with one attached hydrogen (secondary N) is 2. The molecule has 11 heteroatoms. The van der Waals surface area contributed by atoms with E-state index in [1.807, 2.05) is 19.9 Å². The van der Waals surface area contributed by atoms with Crippen molar-refractivity contribution < 1.29 is 21.6 Å². The standard InChI is InChI=1S/C28H26ClN3O5S2/c1-20-9-13-27(14-10-20)39(36,37)32(25-8-4-6-22(29)18-25)19-28(33)30-23-11-15-26(16-12-23)38(34,35)31-24-7-3-5-21(2)17-24/h3-18,31H,19H2,1-2H3,(H,30,33). The molecule has 0 aliphatic carbocycles. The van der Waals surface area contributed by atoms with Crippen molar-refractivity contribution in [3.63, 3.8) is 0 Å². The monoisotopic (exact) mass is 583 g/mol. The molecule has 8 nitrogen and oxygen atoms in total. The Morgan fingerprint density at radius 3 is 2.03 bits per heavy atom. The summed E-state index contributed by atoms with van der Waals surface area (Å²) in [5.41, 5.74) is 2.75. The van der Waals surface area contributed by atoms with Crippen LogP contribution < -0.4 is 14.3 Å². The van der Waals surface area contributed by atoms with Gasteiger partial charge in [0.05, 0.1) is 15.5 Å². The summed E-state index contributed by atoms with van der Waals surface area (Å²) in [6.07, 6.45) is 0. The number of carbonyl (C=O) groups is 1. The largest absolute Gasteiger partial charge is 0.325 e. The Bertz CT molecular complexity index is 1710. The maximum atomic E-state index is 13.5. The Morgan fingerprint density at radius 1 is 0.744 bits per heavy atom. The molecule has 0 aliphatic heterocycles. The zero-order valence-electron chi connectivity index (χ0n) is 21.1. The van der Waals surface area contributed by atoms with E-state index in [0.29, 0.717) is 16.4 Å². The predicted octanol–water partition coefficient (Wildman–Crippen LogP) is 5.59. The molecule has 0 radical (unpaired) electrons. The molecule has 0 fully saturated rings. The van der Waals surface area contributed by atoms with Crippen LogP contribution in [-0.2, 0) is 24.8 Å². The highest BCUT2D eigenvalue weighted by Gasteiger charge is 2.27. The molecule has 0 spiro atoms. The van der Waals surface area contributed by atoms with Gasteiger partial charge in [0, 0.05) is 16.4 Å². The first-order chi connectivity index (χ1) is 18.4. The second-order valence-corrected chi connectivity index (χ2v) is 12.8. The van der Waals surface area contributed by atoms with E-state index in [-0.39, 0.29) is 15.5 Å². The second kappa shape index (κ2) is 11.5. The van der Waals surface area contributed by atoms with Gasteiger partial charge >= 0.3 is 0 Å². The van der Waals surface area contributed by atoms with Crippen molar-refractivity contribution in [2.24, 2.45) is 0 Å². The topological polar surface area (TPSA) is 113 Å². The fourth-order valence-electron chi connectivity index (χ4n) is 3.75. The maximum absolute atomic E-state index is 13.5. The molecule has 0 aliphatic rings. The van der Waals surface area contributed by atoms with E-state index >= 15 is 0 Å². The summed E-state index contributed by atoms with van der Waals surface area (Å²) in [7, 11) is -7.96. The van der Waals surface area contributed by atoms with Crippen LogP contribution >= 0.6 is 11.6 Å². The molecule has 0 saturated carbocycles. The molecule has 1 amide bonds. The lowest BCUT2D eigenvalue weighted by Crippen LogP contribution is -2.38. The predicted molar refractivity (Wildman–Crippen MR) is 154 cm³/mol. The van der Waals surface area contributed by atoms with Crippen LogP contribution in [0.15, 0.2) is 107 Å². The summed E-state index contributed by atoms with van der Waals surface area (Å²) in [4.78, 5) is 13.0. The van der Waals surface area contributed by atoms with Gasteiger partial charge in [0.1, 0.15) is 6.54 Å². The number of hydrogen-bond donors (Lipinski definition) is 2. The Hall–Kier alpha value is -3.86. The van der Waals surface area contributed by atoms with Gasteiger partial charge < -0.3 is 5.32 Å². The minimum Gasteiger partial charge on any atom is -0.325 e. The molecule has 0 saturated heterocycles. The second-order valence-electron chi connectivity index (χ2n) is 8.85. The van der Waals surface area contributed by atoms with Gasteiger partial charge in [-0.1, -0.05) is 47.5 Å². The number of hydrogen-bond acceptors (Lipinski definition) is 5. The zero-order valence-corrected chi connectivity index (χ0v) is 23.5. The summed E-state index contributed by atoms with van der Waals surface area (Å²) in [6.45, 7) is 3.16. The fourth-order valence-corrected chi connectivity index (χ4v) is 6.40. The van der Waals surface area contributed by atoms with E-state index < -0.39 is 32.5 Å². The summed E-state index contributed by atoms with van der Waals surface area (Å²) in [6, 6.07) is 25.0. The first kappa shape index (κ1) is 28.2. The third kappa shape index (κ3) is 6.97. The molecular weight excluding hydrogens is 558 g/mol. The Morgan fingerprint density at radius 2 is 1.38 bits per heavy atom. The first-order valence-electron chi connectivity index (χ1n) is 11.8. The number of aryl methyl sites for hydroxylation is 2. The van der Waals surface area contributed by atoms with Crippen LogP contribution in [0.3, 0.4) is 0 Å². The minimum absolute atomic E-state index is 0.00417. The van der Waals surface area contributed by atoms with Crippen LogP contribution in [0.1, 0.15) is 11.1 Å². The van der Waals surface area contributed by atoms with Crippen LogP contribution in [0.5, 0.6) is 0 Å². The summed E-state index contributed by atoms with van der Waals surface area (Å²) in [5.74, 6) is -0.626. The lowest BCUT2D eigenvalue weighted by molar-refractivity contribution is -0.114. The summed E-state index contributed by atoms with van der Waals surface area (Å²) in [5, 5.41) is 2.95. The third-order valence-electron chi connectivity index (χ3n) is 5.71. The molecule has 0 aromatic heterocycles. The van der Waals surface area contributed by atoms with Crippen LogP contribution in [0.2, 0.25) is 5.02 Å². The average Bonchev–Trinajstić information content (AvgIpc) is 2.87. The van der Waals surface area contributed by atoms with Crippen LogP contribution in [-0.4, -0.2) is 29.3 Å². The van der Waals surface area contributed by atoms with Gasteiger partial charge in [-0.3, -0.25) is 13.8 Å². The van der Waals surface area contributed by atoms with Crippen molar-refractivity contribution >= 4 is 54.6 Å². The van der Waals surface area contributed by atoms with E-state index in [1.54, 1.807) is 48.5 Å². The smallest absolute Gasteiger partial charge is 0.264 e. The van der Waals surface area contributed by atoms with Gasteiger partial charge in [0.25, 0.3) is 20.0 Å². The molecule has 0 unspecified atom stereocenters. The van der Waals surface area contributed by atoms with Crippen LogP contribution in [0.25, 0.3) is 0 Å². The summed E-state index contributed by atoms with van der Waals surface area (Å²) >= 11 is 6.11.